The number of carboxylic acids is 1. The summed E-state index contributed by atoms with van der Waals surface area (Å²) < 4.78 is 0. The smallest absolute Gasteiger partial charge is 0.328 e. The van der Waals surface area contributed by atoms with Crippen LogP contribution in [0.25, 0.3) is 0 Å². The predicted octanol–water partition coefficient (Wildman–Crippen LogP) is -4.21. The molecule has 14 heteroatoms. The Kier molecular flexibility index (Phi) is 10.8. The molecule has 182 valence electrons. The first-order valence-corrected chi connectivity index (χ1v) is 10.2. The largest absolute Gasteiger partial charge is 0.480 e. The van der Waals surface area contributed by atoms with Crippen molar-refractivity contribution in [3.05, 3.63) is 0 Å². The topological polar surface area (TPSA) is 247 Å². The molecule has 1 unspecified atom stereocenters. The summed E-state index contributed by atoms with van der Waals surface area (Å²) in [5.74, 6) is -3.61. The summed E-state index contributed by atoms with van der Waals surface area (Å²) in [4.78, 5) is 54.2. The van der Waals surface area contributed by atoms with Crippen molar-refractivity contribution in [3.63, 3.8) is 0 Å². The van der Waals surface area contributed by atoms with E-state index >= 15 is 0 Å². The molecule has 3 amide bonds. The van der Waals surface area contributed by atoms with Gasteiger partial charge in [0.05, 0.1) is 12.7 Å². The maximum Gasteiger partial charge on any atom is 0.328 e. The molecule has 32 heavy (non-hydrogen) atoms. The molecule has 11 N–H and O–H groups in total. The Balaban J connectivity index is 2.94. The number of carbonyl (C=O) groups excluding carboxylic acids is 3. The van der Waals surface area contributed by atoms with Crippen LogP contribution in [0.2, 0.25) is 0 Å². The minimum absolute atomic E-state index is 0.0668. The van der Waals surface area contributed by atoms with Crippen LogP contribution in [-0.4, -0.2) is 99.8 Å². The van der Waals surface area contributed by atoms with Crippen LogP contribution in [0, 0.1) is 0 Å². The molecule has 0 aromatic rings. The molecule has 0 bridgehead atoms. The molecule has 1 aliphatic rings. The molecule has 1 rings (SSSR count). The molecule has 0 spiro atoms. The number of amides is 3. The van der Waals surface area contributed by atoms with Crippen molar-refractivity contribution < 1.29 is 34.5 Å². The van der Waals surface area contributed by atoms with Crippen molar-refractivity contribution in [3.8, 4) is 0 Å². The van der Waals surface area contributed by atoms with Crippen LogP contribution < -0.4 is 27.8 Å². The highest BCUT2D eigenvalue weighted by Crippen LogP contribution is 2.19. The van der Waals surface area contributed by atoms with Gasteiger partial charge in [-0.25, -0.2) is 4.79 Å². The van der Waals surface area contributed by atoms with Gasteiger partial charge in [0.25, 0.3) is 0 Å². The maximum absolute atomic E-state index is 12.9. The van der Waals surface area contributed by atoms with Crippen molar-refractivity contribution in [2.24, 2.45) is 22.2 Å². The number of rotatable bonds is 12. The molecule has 1 saturated heterocycles. The zero-order chi connectivity index (χ0) is 24.4. The molecule has 0 aromatic carbocycles. The lowest BCUT2D eigenvalue weighted by Gasteiger charge is -2.28. The van der Waals surface area contributed by atoms with Crippen molar-refractivity contribution in [2.75, 3.05) is 19.7 Å². The van der Waals surface area contributed by atoms with E-state index in [4.69, 9.17) is 22.3 Å². The monoisotopic (exact) mass is 459 g/mol. The van der Waals surface area contributed by atoms with Crippen LogP contribution in [0.15, 0.2) is 4.99 Å². The lowest BCUT2D eigenvalue weighted by atomic mass is 10.1. The van der Waals surface area contributed by atoms with Gasteiger partial charge < -0.3 is 48.1 Å². The normalized spacial score (nSPS) is 19.4. The maximum atomic E-state index is 12.9. The highest BCUT2D eigenvalue weighted by atomic mass is 16.4. The number of aliphatic imine (C=N–C) groups is 1. The molecule has 0 aromatic heterocycles. The summed E-state index contributed by atoms with van der Waals surface area (Å²) in [6.07, 6.45) is -0.157. The van der Waals surface area contributed by atoms with Gasteiger partial charge in [-0.15, -0.1) is 0 Å². The predicted molar refractivity (Wildman–Crippen MR) is 113 cm³/mol. The number of hydrogen-bond acceptors (Lipinski definition) is 8. The van der Waals surface area contributed by atoms with Crippen molar-refractivity contribution in [1.29, 1.82) is 0 Å². The van der Waals surface area contributed by atoms with Crippen molar-refractivity contribution in [1.82, 2.24) is 15.5 Å². The quantitative estimate of drug-likeness (QED) is 0.0793. The zero-order valence-corrected chi connectivity index (χ0v) is 17.9. The molecule has 0 aliphatic carbocycles. The fourth-order valence-electron chi connectivity index (χ4n) is 3.28. The number of aliphatic hydroxyl groups excluding tert-OH is 2. The fourth-order valence-corrected chi connectivity index (χ4v) is 3.28. The van der Waals surface area contributed by atoms with Gasteiger partial charge in [0.15, 0.2) is 12.0 Å². The number of nitrogens with one attached hydrogen (secondary N) is 2. The molecule has 0 saturated carbocycles. The van der Waals surface area contributed by atoms with Gasteiger partial charge in [-0.3, -0.25) is 19.4 Å². The Morgan fingerprint density at radius 3 is 2.41 bits per heavy atom. The van der Waals surface area contributed by atoms with Gasteiger partial charge >= 0.3 is 5.97 Å². The summed E-state index contributed by atoms with van der Waals surface area (Å²) >= 11 is 0. The van der Waals surface area contributed by atoms with E-state index in [9.17, 15) is 29.4 Å². The van der Waals surface area contributed by atoms with E-state index in [0.717, 1.165) is 0 Å². The minimum Gasteiger partial charge on any atom is -0.480 e. The minimum atomic E-state index is -1.58. The number of aliphatic hydroxyl groups is 2. The lowest BCUT2D eigenvalue weighted by molar-refractivity contribution is -0.145. The second-order valence-electron chi connectivity index (χ2n) is 7.55. The Labute approximate surface area is 185 Å². The third-order valence-electron chi connectivity index (χ3n) is 4.98. The van der Waals surface area contributed by atoms with Gasteiger partial charge in [0.2, 0.25) is 17.7 Å². The van der Waals surface area contributed by atoms with Gasteiger partial charge in [-0.05, 0) is 32.6 Å². The first-order chi connectivity index (χ1) is 15.0. The molecule has 1 aliphatic heterocycles. The van der Waals surface area contributed by atoms with Crippen LogP contribution in [0.4, 0.5) is 0 Å². The van der Waals surface area contributed by atoms with Crippen LogP contribution in [0.5, 0.6) is 0 Å². The summed E-state index contributed by atoms with van der Waals surface area (Å²) in [5, 5.41) is 32.7. The van der Waals surface area contributed by atoms with E-state index in [1.165, 1.54) is 11.8 Å². The molecule has 1 heterocycles. The third-order valence-corrected chi connectivity index (χ3v) is 4.98. The van der Waals surface area contributed by atoms with E-state index < -0.39 is 60.6 Å². The second kappa shape index (κ2) is 12.8. The molecular formula is C18H33N7O7. The number of aliphatic carboxylic acids is 1. The Bertz CT molecular complexity index is 712. The van der Waals surface area contributed by atoms with Crippen molar-refractivity contribution in [2.45, 2.75) is 62.9 Å². The van der Waals surface area contributed by atoms with E-state index in [-0.39, 0.29) is 31.9 Å². The standard InChI is InChI=1S/C18H33N7O7/c1-9(27)13(17(31)32)24-14(28)11(4-2-6-22-18(20)21)23-15(29)12-5-3-7-25(12)16(30)10(19)8-26/h9-13,26-27H,2-8,19H2,1H3,(H,23,29)(H,24,28)(H,31,32)(H4,20,21,22)/t9-,10-,11-,12?,13-/m0/s1. The first kappa shape index (κ1) is 27.1. The van der Waals surface area contributed by atoms with Crippen LogP contribution in [0.3, 0.4) is 0 Å². The number of hydrogen-bond donors (Lipinski definition) is 8. The third kappa shape index (κ3) is 7.94. The van der Waals surface area contributed by atoms with Crippen LogP contribution in [-0.2, 0) is 19.2 Å². The molecule has 5 atom stereocenters. The zero-order valence-electron chi connectivity index (χ0n) is 17.9. The average Bonchev–Trinajstić information content (AvgIpc) is 3.21. The molecule has 14 nitrogen and oxygen atoms in total. The Hall–Kier alpha value is -2.97. The summed E-state index contributed by atoms with van der Waals surface area (Å²) in [7, 11) is 0. The van der Waals surface area contributed by atoms with E-state index in [0.29, 0.717) is 12.8 Å². The van der Waals surface area contributed by atoms with E-state index in [1.807, 2.05) is 0 Å². The van der Waals surface area contributed by atoms with E-state index in [1.54, 1.807) is 0 Å². The fraction of sp³-hybridized carbons (Fsp3) is 0.722. The highest BCUT2D eigenvalue weighted by molar-refractivity contribution is 5.94. The highest BCUT2D eigenvalue weighted by Gasteiger charge is 2.38. The van der Waals surface area contributed by atoms with Gasteiger partial charge in [0, 0.05) is 13.1 Å². The molecule has 1 fully saturated rings. The van der Waals surface area contributed by atoms with Gasteiger partial charge in [-0.2, -0.15) is 0 Å². The summed E-state index contributed by atoms with van der Waals surface area (Å²) in [5.41, 5.74) is 16.1. The lowest BCUT2D eigenvalue weighted by Crippen LogP contribution is -2.58. The second-order valence-corrected chi connectivity index (χ2v) is 7.55. The Morgan fingerprint density at radius 1 is 1.22 bits per heavy atom. The van der Waals surface area contributed by atoms with Gasteiger partial charge in [-0.1, -0.05) is 0 Å². The van der Waals surface area contributed by atoms with Gasteiger partial charge in [0.1, 0.15) is 18.1 Å². The number of carboxylic acid groups (broad SMARTS) is 1. The number of likely N-dealkylation sites (tertiary alicyclic amines) is 1. The molecular weight excluding hydrogens is 426 g/mol. The summed E-state index contributed by atoms with van der Waals surface area (Å²) in [6, 6.07) is -4.79. The van der Waals surface area contributed by atoms with Crippen molar-refractivity contribution >= 4 is 29.7 Å². The number of nitrogens with two attached hydrogens (primary N) is 3. The number of guanidine groups is 1. The Morgan fingerprint density at radius 2 is 1.88 bits per heavy atom. The van der Waals surface area contributed by atoms with Crippen LogP contribution >= 0.6 is 0 Å². The number of carbonyl (C=O) groups is 4. The molecule has 0 radical (unpaired) electrons. The SMILES string of the molecule is C[C@H](O)[C@H](NC(=O)[C@H](CCCN=C(N)N)NC(=O)C1CCCN1C(=O)[C@@H](N)CO)C(=O)O. The first-order valence-electron chi connectivity index (χ1n) is 10.2. The van der Waals surface area contributed by atoms with Crippen LogP contribution in [0.1, 0.15) is 32.6 Å². The number of nitrogens with zero attached hydrogens (tertiary/aromatic N) is 2. The van der Waals surface area contributed by atoms with E-state index in [2.05, 4.69) is 15.6 Å². The average molecular weight is 460 g/mol. The summed E-state index contributed by atoms with van der Waals surface area (Å²) in [6.45, 7) is 1.07.